The maximum absolute atomic E-state index is 11.8. The summed E-state index contributed by atoms with van der Waals surface area (Å²) in [5, 5.41) is 0. The molecule has 2 aliphatic rings. The molecule has 2 rings (SSSR count). The van der Waals surface area contributed by atoms with Crippen LogP contribution in [0.15, 0.2) is 0 Å². The van der Waals surface area contributed by atoms with Crippen LogP contribution < -0.4 is 5.73 Å². The molecule has 2 fully saturated rings. The van der Waals surface area contributed by atoms with Crippen molar-refractivity contribution in [2.75, 3.05) is 19.8 Å². The van der Waals surface area contributed by atoms with Gasteiger partial charge in [-0.3, -0.25) is 4.79 Å². The zero-order valence-corrected chi connectivity index (χ0v) is 9.69. The van der Waals surface area contributed by atoms with Crippen molar-refractivity contribution in [3.05, 3.63) is 0 Å². The van der Waals surface area contributed by atoms with Gasteiger partial charge in [0.15, 0.2) is 0 Å². The van der Waals surface area contributed by atoms with Crippen molar-refractivity contribution < 1.29 is 14.3 Å². The van der Waals surface area contributed by atoms with E-state index in [0.717, 1.165) is 45.3 Å². The van der Waals surface area contributed by atoms with Gasteiger partial charge in [-0.2, -0.15) is 0 Å². The Morgan fingerprint density at radius 2 is 2.00 bits per heavy atom. The maximum atomic E-state index is 11.8. The minimum Gasteiger partial charge on any atom is -0.460 e. The molecule has 0 aromatic rings. The molecule has 1 heterocycles. The van der Waals surface area contributed by atoms with Crippen LogP contribution in [0.25, 0.3) is 0 Å². The average Bonchev–Trinajstić information content (AvgIpc) is 2.82. The molecule has 1 aliphatic carbocycles. The first kappa shape index (κ1) is 11.9. The molecular weight excluding hydrogens is 206 g/mol. The van der Waals surface area contributed by atoms with E-state index in [2.05, 4.69) is 0 Å². The molecule has 1 saturated heterocycles. The second-order valence-corrected chi connectivity index (χ2v) is 4.88. The number of nitrogens with two attached hydrogens (primary N) is 1. The Morgan fingerprint density at radius 3 is 2.56 bits per heavy atom. The number of ether oxygens (including phenoxy) is 2. The van der Waals surface area contributed by atoms with Gasteiger partial charge in [0, 0.05) is 6.42 Å². The van der Waals surface area contributed by atoms with Crippen molar-refractivity contribution in [3.63, 3.8) is 0 Å². The highest BCUT2D eigenvalue weighted by Gasteiger charge is 2.29. The molecule has 1 saturated carbocycles. The fourth-order valence-electron chi connectivity index (χ4n) is 2.50. The fourth-order valence-corrected chi connectivity index (χ4v) is 2.50. The van der Waals surface area contributed by atoms with Crippen molar-refractivity contribution in [1.29, 1.82) is 0 Å². The first-order valence-electron chi connectivity index (χ1n) is 6.28. The van der Waals surface area contributed by atoms with Crippen molar-refractivity contribution in [2.45, 2.75) is 38.2 Å². The predicted molar refractivity (Wildman–Crippen MR) is 59.8 cm³/mol. The summed E-state index contributed by atoms with van der Waals surface area (Å²) in [4.78, 5) is 11.8. The smallest absolute Gasteiger partial charge is 0.309 e. The lowest BCUT2D eigenvalue weighted by Gasteiger charge is -2.26. The van der Waals surface area contributed by atoms with Crippen LogP contribution in [0, 0.1) is 11.8 Å². The van der Waals surface area contributed by atoms with Gasteiger partial charge in [-0.05, 0) is 38.1 Å². The second-order valence-electron chi connectivity index (χ2n) is 4.88. The molecule has 0 bridgehead atoms. The van der Waals surface area contributed by atoms with Crippen molar-refractivity contribution in [3.8, 4) is 0 Å². The number of esters is 1. The first-order chi connectivity index (χ1) is 7.79. The first-order valence-corrected chi connectivity index (χ1v) is 6.28. The lowest BCUT2D eigenvalue weighted by Crippen LogP contribution is -2.29. The highest BCUT2D eigenvalue weighted by atomic mass is 16.6. The summed E-state index contributed by atoms with van der Waals surface area (Å²) < 4.78 is 10.6. The van der Waals surface area contributed by atoms with E-state index in [0.29, 0.717) is 12.5 Å². The third kappa shape index (κ3) is 2.95. The number of carbonyl (C=O) groups excluding carboxylic acids is 1. The van der Waals surface area contributed by atoms with E-state index in [1.807, 2.05) is 0 Å². The summed E-state index contributed by atoms with van der Waals surface area (Å²) in [6, 6.07) is 0. The number of hydrogen-bond donors (Lipinski definition) is 1. The molecule has 0 aromatic heterocycles. The van der Waals surface area contributed by atoms with Crippen molar-refractivity contribution in [2.24, 2.45) is 17.6 Å². The monoisotopic (exact) mass is 227 g/mol. The summed E-state index contributed by atoms with van der Waals surface area (Å²) in [6.07, 6.45) is 4.86. The maximum Gasteiger partial charge on any atom is 0.309 e. The molecule has 0 radical (unpaired) electrons. The van der Waals surface area contributed by atoms with E-state index in [-0.39, 0.29) is 18.0 Å². The van der Waals surface area contributed by atoms with Gasteiger partial charge in [0.05, 0.1) is 19.1 Å². The lowest BCUT2D eigenvalue weighted by molar-refractivity contribution is -0.155. The molecular formula is C12H21NO3. The lowest BCUT2D eigenvalue weighted by atomic mass is 9.82. The van der Waals surface area contributed by atoms with Gasteiger partial charge in [-0.15, -0.1) is 0 Å². The molecule has 1 aliphatic heterocycles. The summed E-state index contributed by atoms with van der Waals surface area (Å²) >= 11 is 0. The van der Waals surface area contributed by atoms with Crippen LogP contribution in [0.1, 0.15) is 32.1 Å². The normalized spacial score (nSPS) is 34.9. The highest BCUT2D eigenvalue weighted by Crippen LogP contribution is 2.29. The van der Waals surface area contributed by atoms with E-state index in [4.69, 9.17) is 15.2 Å². The van der Waals surface area contributed by atoms with Gasteiger partial charge in [0.25, 0.3) is 0 Å². The molecule has 1 unspecified atom stereocenters. The molecule has 0 aromatic carbocycles. The van der Waals surface area contributed by atoms with E-state index in [9.17, 15) is 4.79 Å². The highest BCUT2D eigenvalue weighted by molar-refractivity contribution is 5.72. The largest absolute Gasteiger partial charge is 0.460 e. The quantitative estimate of drug-likeness (QED) is 0.733. The molecule has 16 heavy (non-hydrogen) atoms. The molecule has 4 heteroatoms. The Bertz CT molecular complexity index is 230. The predicted octanol–water partition coefficient (Wildman–Crippen LogP) is 1.08. The Hall–Kier alpha value is -0.610. The SMILES string of the molecule is NCC1CCC(C(=O)OC2CCOC2)CC1. The van der Waals surface area contributed by atoms with Gasteiger partial charge in [0.2, 0.25) is 0 Å². The summed E-state index contributed by atoms with van der Waals surface area (Å²) in [7, 11) is 0. The van der Waals surface area contributed by atoms with Gasteiger partial charge in [0.1, 0.15) is 6.10 Å². The Balaban J connectivity index is 1.73. The average molecular weight is 227 g/mol. The summed E-state index contributed by atoms with van der Waals surface area (Å²) in [6.45, 7) is 2.04. The molecule has 92 valence electrons. The fraction of sp³-hybridized carbons (Fsp3) is 0.917. The number of carbonyl (C=O) groups is 1. The Labute approximate surface area is 96.5 Å². The minimum absolute atomic E-state index is 0.000248. The van der Waals surface area contributed by atoms with E-state index < -0.39 is 0 Å². The van der Waals surface area contributed by atoms with Crippen LogP contribution in [0.5, 0.6) is 0 Å². The van der Waals surface area contributed by atoms with Crippen LogP contribution in [0.3, 0.4) is 0 Å². The van der Waals surface area contributed by atoms with Crippen LogP contribution in [-0.2, 0) is 14.3 Å². The van der Waals surface area contributed by atoms with Crippen LogP contribution in [-0.4, -0.2) is 31.8 Å². The zero-order chi connectivity index (χ0) is 11.4. The third-order valence-electron chi connectivity index (χ3n) is 3.68. The minimum atomic E-state index is -0.0222. The number of rotatable bonds is 3. The van der Waals surface area contributed by atoms with Crippen LogP contribution in [0.4, 0.5) is 0 Å². The van der Waals surface area contributed by atoms with E-state index >= 15 is 0 Å². The molecule has 0 spiro atoms. The Morgan fingerprint density at radius 1 is 1.25 bits per heavy atom. The van der Waals surface area contributed by atoms with Crippen molar-refractivity contribution in [1.82, 2.24) is 0 Å². The third-order valence-corrected chi connectivity index (χ3v) is 3.68. The van der Waals surface area contributed by atoms with Gasteiger partial charge in [-0.25, -0.2) is 0 Å². The summed E-state index contributed by atoms with van der Waals surface area (Å²) in [5.41, 5.74) is 5.62. The van der Waals surface area contributed by atoms with Crippen molar-refractivity contribution >= 4 is 5.97 Å². The van der Waals surface area contributed by atoms with Gasteiger partial charge in [-0.1, -0.05) is 0 Å². The molecule has 0 amide bonds. The standard InChI is InChI=1S/C12H21NO3/c13-7-9-1-3-10(4-2-9)12(14)16-11-5-6-15-8-11/h9-11H,1-8,13H2. The molecule has 1 atom stereocenters. The Kier molecular flexibility index (Phi) is 4.18. The summed E-state index contributed by atoms with van der Waals surface area (Å²) in [5.74, 6) is 0.688. The zero-order valence-electron chi connectivity index (χ0n) is 9.69. The molecule has 2 N–H and O–H groups in total. The van der Waals surface area contributed by atoms with Crippen LogP contribution >= 0.6 is 0 Å². The van der Waals surface area contributed by atoms with Gasteiger partial charge >= 0.3 is 5.97 Å². The second kappa shape index (κ2) is 5.64. The van der Waals surface area contributed by atoms with Crippen LogP contribution in [0.2, 0.25) is 0 Å². The van der Waals surface area contributed by atoms with Gasteiger partial charge < -0.3 is 15.2 Å². The molecule has 4 nitrogen and oxygen atoms in total. The number of hydrogen-bond acceptors (Lipinski definition) is 4. The van der Waals surface area contributed by atoms with E-state index in [1.54, 1.807) is 0 Å². The van der Waals surface area contributed by atoms with E-state index in [1.165, 1.54) is 0 Å². The topological polar surface area (TPSA) is 61.6 Å².